The van der Waals surface area contributed by atoms with E-state index in [9.17, 15) is 0 Å². The van der Waals surface area contributed by atoms with Crippen molar-refractivity contribution in [2.75, 3.05) is 44.9 Å². The van der Waals surface area contributed by atoms with Gasteiger partial charge in [0.1, 0.15) is 5.82 Å². The maximum absolute atomic E-state index is 5.61. The van der Waals surface area contributed by atoms with Crippen LogP contribution in [-0.4, -0.2) is 62.0 Å². The van der Waals surface area contributed by atoms with Crippen LogP contribution in [0.25, 0.3) is 0 Å². The maximum atomic E-state index is 5.61. The average Bonchev–Trinajstić information content (AvgIpc) is 2.75. The van der Waals surface area contributed by atoms with Crippen molar-refractivity contribution in [1.82, 2.24) is 15.2 Å². The highest BCUT2D eigenvalue weighted by molar-refractivity contribution is 7.98. The predicted molar refractivity (Wildman–Crippen MR) is 122 cm³/mol. The van der Waals surface area contributed by atoms with E-state index in [1.807, 2.05) is 13.2 Å². The summed E-state index contributed by atoms with van der Waals surface area (Å²) in [6.07, 6.45) is 4.29. The second kappa shape index (κ2) is 10.5. The molecule has 1 unspecified atom stereocenters. The molecule has 0 bridgehead atoms. The van der Waals surface area contributed by atoms with E-state index in [4.69, 9.17) is 4.74 Å². The van der Waals surface area contributed by atoms with Gasteiger partial charge in [0.25, 0.3) is 0 Å². The summed E-state index contributed by atoms with van der Waals surface area (Å²) in [5.41, 5.74) is 2.40. The van der Waals surface area contributed by atoms with Crippen molar-refractivity contribution in [2.24, 2.45) is 4.99 Å². The molecule has 1 atom stereocenters. The third-order valence-electron chi connectivity index (χ3n) is 4.98. The van der Waals surface area contributed by atoms with Crippen LogP contribution in [0.15, 0.2) is 52.5 Å². The lowest BCUT2D eigenvalue weighted by Gasteiger charge is -2.32. The first kappa shape index (κ1) is 21.5. The Balaban J connectivity index is 1.53. The van der Waals surface area contributed by atoms with Crippen LogP contribution >= 0.6 is 11.8 Å². The fourth-order valence-electron chi connectivity index (χ4n) is 3.38. The highest BCUT2D eigenvalue weighted by Crippen LogP contribution is 2.17. The molecular weight excluding hydrogens is 382 g/mol. The summed E-state index contributed by atoms with van der Waals surface area (Å²) in [6.45, 7) is 6.14. The Morgan fingerprint density at radius 1 is 1.28 bits per heavy atom. The quantitative estimate of drug-likeness (QED) is 0.446. The van der Waals surface area contributed by atoms with Crippen molar-refractivity contribution in [3.05, 3.63) is 53.7 Å². The van der Waals surface area contributed by atoms with Gasteiger partial charge in [-0.2, -0.15) is 0 Å². The Morgan fingerprint density at radius 3 is 2.66 bits per heavy atom. The number of morpholine rings is 1. The van der Waals surface area contributed by atoms with Crippen LogP contribution in [0.4, 0.5) is 5.82 Å². The summed E-state index contributed by atoms with van der Waals surface area (Å²) < 4.78 is 5.61. The molecular formula is C22H31N5OS. The molecule has 0 aliphatic carbocycles. The molecule has 156 valence electrons. The number of ether oxygens (including phenoxy) is 1. The van der Waals surface area contributed by atoms with E-state index in [0.29, 0.717) is 6.54 Å². The van der Waals surface area contributed by atoms with Gasteiger partial charge in [0.05, 0.1) is 12.7 Å². The van der Waals surface area contributed by atoms with Crippen LogP contribution in [-0.2, 0) is 17.8 Å². The highest BCUT2D eigenvalue weighted by Gasteiger charge is 2.17. The Bertz CT molecular complexity index is 794. The number of rotatable bonds is 6. The van der Waals surface area contributed by atoms with Gasteiger partial charge >= 0.3 is 0 Å². The fourth-order valence-corrected chi connectivity index (χ4v) is 3.79. The molecule has 1 N–H and O–H groups in total. The van der Waals surface area contributed by atoms with Gasteiger partial charge < -0.3 is 19.9 Å². The van der Waals surface area contributed by atoms with Crippen LogP contribution in [0.1, 0.15) is 18.1 Å². The summed E-state index contributed by atoms with van der Waals surface area (Å²) in [5, 5.41) is 3.43. The second-order valence-corrected chi connectivity index (χ2v) is 8.14. The first-order valence-corrected chi connectivity index (χ1v) is 11.2. The Kier molecular flexibility index (Phi) is 7.77. The molecule has 1 aliphatic rings. The Morgan fingerprint density at radius 2 is 2.03 bits per heavy atom. The summed E-state index contributed by atoms with van der Waals surface area (Å²) in [5.74, 6) is 1.88. The molecule has 7 heteroatoms. The number of hydrogen-bond acceptors (Lipinski definition) is 5. The smallest absolute Gasteiger partial charge is 0.193 e. The van der Waals surface area contributed by atoms with Crippen LogP contribution in [0.2, 0.25) is 0 Å². The van der Waals surface area contributed by atoms with E-state index in [-0.39, 0.29) is 6.10 Å². The minimum Gasteiger partial charge on any atom is -0.375 e. The molecule has 1 saturated heterocycles. The van der Waals surface area contributed by atoms with E-state index in [1.54, 1.807) is 11.8 Å². The first-order chi connectivity index (χ1) is 14.1. The van der Waals surface area contributed by atoms with Crippen LogP contribution in [0, 0.1) is 0 Å². The molecule has 0 amide bonds. The average molecular weight is 414 g/mol. The van der Waals surface area contributed by atoms with Crippen molar-refractivity contribution < 1.29 is 4.74 Å². The number of benzene rings is 1. The topological polar surface area (TPSA) is 53.0 Å². The number of thioether (sulfide) groups is 1. The SMILES string of the molecule is CN=C(NCc1ccc(N2CCOC(C)C2)nc1)N(C)Cc1ccc(SC)cc1. The number of hydrogen-bond donors (Lipinski definition) is 1. The summed E-state index contributed by atoms with van der Waals surface area (Å²) in [6, 6.07) is 12.9. The first-order valence-electron chi connectivity index (χ1n) is 9.95. The van der Waals surface area contributed by atoms with Gasteiger partial charge in [-0.25, -0.2) is 4.98 Å². The molecule has 3 rings (SSSR count). The molecule has 2 heterocycles. The van der Waals surface area contributed by atoms with Crippen LogP contribution < -0.4 is 10.2 Å². The van der Waals surface area contributed by atoms with Gasteiger partial charge in [-0.15, -0.1) is 11.8 Å². The van der Waals surface area contributed by atoms with Crippen molar-refractivity contribution in [2.45, 2.75) is 31.0 Å². The molecule has 0 spiro atoms. The molecule has 1 aromatic heterocycles. The van der Waals surface area contributed by atoms with E-state index >= 15 is 0 Å². The number of aromatic nitrogens is 1. The van der Waals surface area contributed by atoms with Gasteiger partial charge in [0, 0.05) is 51.4 Å². The van der Waals surface area contributed by atoms with E-state index < -0.39 is 0 Å². The molecule has 6 nitrogen and oxygen atoms in total. The van der Waals surface area contributed by atoms with E-state index in [1.165, 1.54) is 10.5 Å². The third kappa shape index (κ3) is 6.11. The molecule has 1 aromatic carbocycles. The number of aliphatic imine (C=N–C) groups is 1. The molecule has 2 aromatic rings. The van der Waals surface area contributed by atoms with Crippen molar-refractivity contribution in [3.63, 3.8) is 0 Å². The van der Waals surface area contributed by atoms with E-state index in [2.05, 4.69) is 81.7 Å². The zero-order valence-corrected chi connectivity index (χ0v) is 18.6. The van der Waals surface area contributed by atoms with E-state index in [0.717, 1.165) is 43.6 Å². The zero-order chi connectivity index (χ0) is 20.6. The number of guanidine groups is 1. The third-order valence-corrected chi connectivity index (χ3v) is 5.72. The summed E-state index contributed by atoms with van der Waals surface area (Å²) in [7, 11) is 3.87. The summed E-state index contributed by atoms with van der Waals surface area (Å²) >= 11 is 1.76. The van der Waals surface area contributed by atoms with Crippen LogP contribution in [0.3, 0.4) is 0 Å². The standard InChI is InChI=1S/C22H31N5OS/c1-17-15-27(11-12-28-17)21-10-7-19(13-24-21)14-25-22(23-2)26(3)16-18-5-8-20(29-4)9-6-18/h5-10,13,17H,11-12,14-16H2,1-4H3,(H,23,25). The minimum atomic E-state index is 0.252. The number of pyridine rings is 1. The minimum absolute atomic E-state index is 0.252. The predicted octanol–water partition coefficient (Wildman–Crippen LogP) is 3.24. The monoisotopic (exact) mass is 413 g/mol. The van der Waals surface area contributed by atoms with Gasteiger partial charge in [0.2, 0.25) is 0 Å². The molecule has 1 fully saturated rings. The number of nitrogens with one attached hydrogen (secondary N) is 1. The molecule has 1 aliphatic heterocycles. The fraction of sp³-hybridized carbons (Fsp3) is 0.455. The molecule has 0 saturated carbocycles. The second-order valence-electron chi connectivity index (χ2n) is 7.26. The number of nitrogens with zero attached hydrogens (tertiary/aromatic N) is 4. The zero-order valence-electron chi connectivity index (χ0n) is 17.8. The lowest BCUT2D eigenvalue weighted by Crippen LogP contribution is -2.41. The largest absolute Gasteiger partial charge is 0.375 e. The number of anilines is 1. The van der Waals surface area contributed by atoms with Gasteiger partial charge in [-0.3, -0.25) is 4.99 Å². The normalized spacial score (nSPS) is 17.3. The van der Waals surface area contributed by atoms with Gasteiger partial charge in [-0.05, 0) is 42.5 Å². The molecule has 0 radical (unpaired) electrons. The summed E-state index contributed by atoms with van der Waals surface area (Å²) in [4.78, 5) is 14.7. The Hall–Kier alpha value is -2.25. The van der Waals surface area contributed by atoms with Gasteiger partial charge in [0.15, 0.2) is 5.96 Å². The van der Waals surface area contributed by atoms with Crippen molar-refractivity contribution in [3.8, 4) is 0 Å². The maximum Gasteiger partial charge on any atom is 0.193 e. The van der Waals surface area contributed by atoms with Crippen LogP contribution in [0.5, 0.6) is 0 Å². The van der Waals surface area contributed by atoms with Crippen molar-refractivity contribution in [1.29, 1.82) is 0 Å². The lowest BCUT2D eigenvalue weighted by molar-refractivity contribution is 0.0529. The Labute approximate surface area is 178 Å². The lowest BCUT2D eigenvalue weighted by atomic mass is 10.2. The highest BCUT2D eigenvalue weighted by atomic mass is 32.2. The molecule has 29 heavy (non-hydrogen) atoms. The van der Waals surface area contributed by atoms with Gasteiger partial charge in [-0.1, -0.05) is 18.2 Å². The van der Waals surface area contributed by atoms with Crippen molar-refractivity contribution >= 4 is 23.5 Å².